The molecule has 1 N–H and O–H groups in total. The number of benzene rings is 2. The molecule has 284 valence electrons. The van der Waals surface area contributed by atoms with Crippen LogP contribution >= 0.6 is 0 Å². The molecule has 0 aliphatic heterocycles. The lowest BCUT2D eigenvalue weighted by Gasteiger charge is -2.22. The Bertz CT molecular complexity index is 1720. The summed E-state index contributed by atoms with van der Waals surface area (Å²) in [6.45, 7) is 15.5. The van der Waals surface area contributed by atoms with Gasteiger partial charge in [-0.05, 0) is 108 Å². The van der Waals surface area contributed by atoms with E-state index in [9.17, 15) is 26.4 Å². The number of likely N-dealkylation sites (N-methyl/N-ethyl adjacent to an activating group) is 2. The van der Waals surface area contributed by atoms with Gasteiger partial charge in [0.2, 0.25) is 20.0 Å². The summed E-state index contributed by atoms with van der Waals surface area (Å²) in [5, 5.41) is 8.50. The number of hydrogen-bond acceptors (Lipinski definition) is 11. The normalized spacial score (nSPS) is 12.1. The van der Waals surface area contributed by atoms with Crippen LogP contribution in [0.3, 0.4) is 0 Å². The molecule has 16 heteroatoms. The second-order valence-electron chi connectivity index (χ2n) is 12.7. The van der Waals surface area contributed by atoms with Crippen molar-refractivity contribution in [2.24, 2.45) is 0 Å². The lowest BCUT2D eigenvalue weighted by Crippen LogP contribution is -2.32. The van der Waals surface area contributed by atoms with E-state index in [0.29, 0.717) is 33.8 Å². The predicted octanol–water partition coefficient (Wildman–Crippen LogP) is 3.94. The van der Waals surface area contributed by atoms with Crippen molar-refractivity contribution in [1.29, 1.82) is 0 Å². The molecule has 2 rings (SSSR count). The standard InChI is InChI=1S/C19H31NO6S.C15H23NO6S/c1-13-11-16(24-8)14(2)15(3)18(13)27(22,23)20(7)9-10-25-12-17(21)26-19(4,5)6;1-10-8-13(21-5)11(2)12(3)15(10)23(19,20)16(4)6-7-22-9-14(17)18/h11H,9-10,12H2,1-8H3;8H,6-7,9H2,1-5H3,(H,17,18). The van der Waals surface area contributed by atoms with Crippen molar-refractivity contribution in [3.8, 4) is 11.5 Å². The van der Waals surface area contributed by atoms with Gasteiger partial charge in [-0.2, -0.15) is 8.61 Å². The second kappa shape index (κ2) is 18.8. The Kier molecular flexibility index (Phi) is 16.8. The van der Waals surface area contributed by atoms with Crippen LogP contribution in [0, 0.1) is 41.5 Å². The first kappa shape index (κ1) is 44.7. The molecule has 0 heterocycles. The van der Waals surface area contributed by atoms with Gasteiger partial charge >= 0.3 is 11.9 Å². The number of aliphatic carboxylic acids is 1. The van der Waals surface area contributed by atoms with Gasteiger partial charge in [-0.15, -0.1) is 0 Å². The largest absolute Gasteiger partial charge is 0.496 e. The molecule has 0 saturated carbocycles. The number of rotatable bonds is 16. The minimum Gasteiger partial charge on any atom is -0.496 e. The SMILES string of the molecule is COc1cc(C)c(S(=O)(=O)N(C)CCOCC(=O)O)c(C)c1C.COc1cc(C)c(S(=O)(=O)N(C)CCOCC(=O)OC(C)(C)C)c(C)c1C. The monoisotopic (exact) mass is 746 g/mol. The van der Waals surface area contributed by atoms with Crippen LogP contribution in [0.25, 0.3) is 0 Å². The van der Waals surface area contributed by atoms with E-state index in [0.717, 1.165) is 15.4 Å². The van der Waals surface area contributed by atoms with E-state index in [1.807, 2.05) is 13.8 Å². The van der Waals surface area contributed by atoms with Crippen molar-refractivity contribution in [2.45, 2.75) is 77.7 Å². The Morgan fingerprint density at radius 3 is 1.36 bits per heavy atom. The highest BCUT2D eigenvalue weighted by Crippen LogP contribution is 2.33. The fourth-order valence-electron chi connectivity index (χ4n) is 4.88. The van der Waals surface area contributed by atoms with Crippen molar-refractivity contribution in [3.63, 3.8) is 0 Å². The van der Waals surface area contributed by atoms with Gasteiger partial charge in [0.05, 0.1) is 37.2 Å². The summed E-state index contributed by atoms with van der Waals surface area (Å²) in [7, 11) is -1.36. The van der Waals surface area contributed by atoms with Crippen LogP contribution in [0.2, 0.25) is 0 Å². The van der Waals surface area contributed by atoms with Gasteiger partial charge in [0.1, 0.15) is 30.3 Å². The molecule has 0 radical (unpaired) electrons. The molecular formula is C34H54N2O12S2. The highest BCUT2D eigenvalue weighted by Gasteiger charge is 2.28. The molecule has 0 aliphatic carbocycles. The van der Waals surface area contributed by atoms with Crippen LogP contribution in [0.4, 0.5) is 0 Å². The zero-order chi connectivity index (χ0) is 38.8. The number of aryl methyl sites for hydroxylation is 2. The fourth-order valence-corrected chi connectivity index (χ4v) is 8.15. The van der Waals surface area contributed by atoms with E-state index >= 15 is 0 Å². The van der Waals surface area contributed by atoms with Crippen molar-refractivity contribution >= 4 is 32.0 Å². The average molecular weight is 747 g/mol. The van der Waals surface area contributed by atoms with Crippen LogP contribution in [-0.4, -0.2) is 116 Å². The first-order valence-electron chi connectivity index (χ1n) is 15.7. The lowest BCUT2D eigenvalue weighted by atomic mass is 10.1. The second-order valence-corrected chi connectivity index (χ2v) is 16.7. The zero-order valence-electron chi connectivity index (χ0n) is 31.5. The molecule has 50 heavy (non-hydrogen) atoms. The molecule has 0 unspecified atom stereocenters. The third kappa shape index (κ3) is 12.2. The molecule has 0 amide bonds. The summed E-state index contributed by atoms with van der Waals surface area (Å²) < 4.78 is 79.7. The number of sulfonamides is 2. The van der Waals surface area contributed by atoms with E-state index in [1.165, 1.54) is 18.4 Å². The third-order valence-electron chi connectivity index (χ3n) is 7.70. The Hall–Kier alpha value is -3.28. The van der Waals surface area contributed by atoms with E-state index in [2.05, 4.69) is 0 Å². The summed E-state index contributed by atoms with van der Waals surface area (Å²) in [5.74, 6) is -0.267. The number of carbonyl (C=O) groups excluding carboxylic acids is 1. The number of nitrogens with zero attached hydrogens (tertiary/aromatic N) is 2. The Labute approximate surface area is 297 Å². The molecule has 14 nitrogen and oxygen atoms in total. The number of carbonyl (C=O) groups is 2. The van der Waals surface area contributed by atoms with Gasteiger partial charge in [0.15, 0.2) is 0 Å². The number of carboxylic acid groups (broad SMARTS) is 1. The number of ether oxygens (including phenoxy) is 5. The topological polar surface area (TPSA) is 175 Å². The van der Waals surface area contributed by atoms with E-state index in [1.54, 1.807) is 74.8 Å². The van der Waals surface area contributed by atoms with Gasteiger partial charge in [0, 0.05) is 27.2 Å². The van der Waals surface area contributed by atoms with Crippen molar-refractivity contribution in [3.05, 3.63) is 45.5 Å². The molecule has 0 bridgehead atoms. The quantitative estimate of drug-likeness (QED) is 0.194. The van der Waals surface area contributed by atoms with Gasteiger partial charge in [0.25, 0.3) is 0 Å². The average Bonchev–Trinajstić information content (AvgIpc) is 2.99. The third-order valence-corrected chi connectivity index (χ3v) is 12.0. The van der Waals surface area contributed by atoms with Crippen molar-refractivity contribution in [2.75, 3.05) is 67.8 Å². The van der Waals surface area contributed by atoms with Crippen molar-refractivity contribution in [1.82, 2.24) is 8.61 Å². The molecule has 0 fully saturated rings. The highest BCUT2D eigenvalue weighted by molar-refractivity contribution is 7.89. The van der Waals surface area contributed by atoms with Crippen LogP contribution in [-0.2, 0) is 43.8 Å². The molecule has 0 aromatic heterocycles. The first-order chi connectivity index (χ1) is 22.9. The molecule has 0 spiro atoms. The summed E-state index contributed by atoms with van der Waals surface area (Å²) >= 11 is 0. The minimum atomic E-state index is -3.70. The molecule has 0 aliphatic rings. The summed E-state index contributed by atoms with van der Waals surface area (Å²) in [6, 6.07) is 3.42. The number of hydrogen-bond donors (Lipinski definition) is 1. The number of methoxy groups -OCH3 is 2. The van der Waals surface area contributed by atoms with Crippen molar-refractivity contribution < 1.29 is 55.2 Å². The maximum atomic E-state index is 13.0. The van der Waals surface area contributed by atoms with E-state index in [4.69, 9.17) is 28.8 Å². The summed E-state index contributed by atoms with van der Waals surface area (Å²) in [4.78, 5) is 22.5. The summed E-state index contributed by atoms with van der Waals surface area (Å²) in [6.07, 6.45) is 0. The van der Waals surface area contributed by atoms with Gasteiger partial charge in [-0.1, -0.05) is 0 Å². The maximum Gasteiger partial charge on any atom is 0.332 e. The van der Waals surface area contributed by atoms with E-state index in [-0.39, 0.29) is 42.7 Å². The minimum absolute atomic E-state index is 0.00919. The Morgan fingerprint density at radius 2 is 1.04 bits per heavy atom. The number of esters is 1. The van der Waals surface area contributed by atoms with Crippen LogP contribution in [0.5, 0.6) is 11.5 Å². The Balaban J connectivity index is 0.000000506. The Morgan fingerprint density at radius 1 is 0.680 bits per heavy atom. The zero-order valence-corrected chi connectivity index (χ0v) is 33.2. The van der Waals surface area contributed by atoms with Gasteiger partial charge in [-0.3, -0.25) is 0 Å². The molecule has 2 aromatic carbocycles. The van der Waals surface area contributed by atoms with Gasteiger partial charge in [-0.25, -0.2) is 26.4 Å². The van der Waals surface area contributed by atoms with Gasteiger partial charge < -0.3 is 28.8 Å². The van der Waals surface area contributed by atoms with Crippen LogP contribution in [0.15, 0.2) is 21.9 Å². The van der Waals surface area contributed by atoms with Crippen LogP contribution < -0.4 is 9.47 Å². The fraction of sp³-hybridized carbons (Fsp3) is 0.588. The summed E-state index contributed by atoms with van der Waals surface area (Å²) in [5.41, 5.74) is 3.50. The van der Waals surface area contributed by atoms with E-state index < -0.39 is 44.2 Å². The smallest absolute Gasteiger partial charge is 0.332 e. The first-order valence-corrected chi connectivity index (χ1v) is 18.6. The molecular weight excluding hydrogens is 693 g/mol. The lowest BCUT2D eigenvalue weighted by molar-refractivity contribution is -0.160. The predicted molar refractivity (Wildman–Crippen MR) is 189 cm³/mol. The molecule has 2 aromatic rings. The maximum absolute atomic E-state index is 13.0. The number of carboxylic acids is 1. The molecule has 0 saturated heterocycles. The van der Waals surface area contributed by atoms with Crippen LogP contribution in [0.1, 0.15) is 54.2 Å². The highest BCUT2D eigenvalue weighted by atomic mass is 32.2. The molecule has 0 atom stereocenters.